The van der Waals surface area contributed by atoms with Crippen LogP contribution in [0, 0.1) is 18.6 Å². The van der Waals surface area contributed by atoms with Crippen LogP contribution < -0.4 is 5.32 Å². The molecule has 0 amide bonds. The summed E-state index contributed by atoms with van der Waals surface area (Å²) in [7, 11) is 0. The van der Waals surface area contributed by atoms with Gasteiger partial charge in [-0.25, -0.2) is 8.78 Å². The molecule has 0 aromatic heterocycles. The Balaban J connectivity index is 2.28. The van der Waals surface area contributed by atoms with E-state index in [0.29, 0.717) is 12.0 Å². The summed E-state index contributed by atoms with van der Waals surface area (Å²) in [5.74, 6) is -1.02. The number of hydrogen-bond donors (Lipinski definition) is 1. The highest BCUT2D eigenvalue weighted by atomic mass is 19.1. The molecule has 0 radical (unpaired) electrons. The van der Waals surface area contributed by atoms with E-state index in [-0.39, 0.29) is 6.04 Å². The highest BCUT2D eigenvalue weighted by Gasteiger charge is 2.15. The van der Waals surface area contributed by atoms with Crippen molar-refractivity contribution in [3.63, 3.8) is 0 Å². The quantitative estimate of drug-likeness (QED) is 0.863. The third-order valence-corrected chi connectivity index (χ3v) is 3.45. The van der Waals surface area contributed by atoms with Gasteiger partial charge in [0, 0.05) is 12.1 Å². The van der Waals surface area contributed by atoms with E-state index in [2.05, 4.69) is 5.32 Å². The van der Waals surface area contributed by atoms with Crippen molar-refractivity contribution in [1.29, 1.82) is 0 Å². The maximum absolute atomic E-state index is 13.8. The number of aryl methyl sites for hydroxylation is 1. The fraction of sp³-hybridized carbons (Fsp3) is 0.294. The van der Waals surface area contributed by atoms with Crippen LogP contribution in [0.3, 0.4) is 0 Å². The number of rotatable bonds is 5. The predicted molar refractivity (Wildman–Crippen MR) is 77.7 cm³/mol. The van der Waals surface area contributed by atoms with E-state index in [1.54, 1.807) is 0 Å². The Morgan fingerprint density at radius 3 is 2.50 bits per heavy atom. The van der Waals surface area contributed by atoms with Gasteiger partial charge in [-0.05, 0) is 42.6 Å². The minimum atomic E-state index is -0.540. The van der Waals surface area contributed by atoms with E-state index < -0.39 is 11.6 Å². The molecule has 2 aromatic carbocycles. The van der Waals surface area contributed by atoms with Crippen molar-refractivity contribution in [2.75, 3.05) is 6.54 Å². The van der Waals surface area contributed by atoms with E-state index in [1.165, 1.54) is 17.7 Å². The topological polar surface area (TPSA) is 12.0 Å². The van der Waals surface area contributed by atoms with Crippen molar-refractivity contribution in [2.45, 2.75) is 26.3 Å². The van der Waals surface area contributed by atoms with Crippen LogP contribution in [0.2, 0.25) is 0 Å². The molecule has 1 N–H and O–H groups in total. The van der Waals surface area contributed by atoms with Gasteiger partial charge < -0.3 is 5.32 Å². The molecule has 0 bridgehead atoms. The van der Waals surface area contributed by atoms with E-state index in [9.17, 15) is 8.78 Å². The van der Waals surface area contributed by atoms with Crippen LogP contribution in [0.1, 0.15) is 29.7 Å². The summed E-state index contributed by atoms with van der Waals surface area (Å²) >= 11 is 0. The van der Waals surface area contributed by atoms with Crippen molar-refractivity contribution in [3.8, 4) is 0 Å². The Bertz CT molecular complexity index is 581. The van der Waals surface area contributed by atoms with Gasteiger partial charge in [-0.1, -0.05) is 37.3 Å². The lowest BCUT2D eigenvalue weighted by molar-refractivity contribution is 0.519. The average molecular weight is 275 g/mol. The third-order valence-electron chi connectivity index (χ3n) is 3.45. The van der Waals surface area contributed by atoms with Crippen LogP contribution in [-0.4, -0.2) is 6.54 Å². The zero-order valence-corrected chi connectivity index (χ0v) is 11.8. The number of hydrogen-bond acceptors (Lipinski definition) is 1. The van der Waals surface area contributed by atoms with Crippen molar-refractivity contribution in [3.05, 3.63) is 70.8 Å². The van der Waals surface area contributed by atoms with E-state index >= 15 is 0 Å². The Morgan fingerprint density at radius 2 is 1.85 bits per heavy atom. The van der Waals surface area contributed by atoms with Gasteiger partial charge in [0.2, 0.25) is 0 Å². The van der Waals surface area contributed by atoms with Crippen molar-refractivity contribution >= 4 is 0 Å². The second-order valence-electron chi connectivity index (χ2n) is 4.91. The number of halogens is 2. The largest absolute Gasteiger partial charge is 0.310 e. The summed E-state index contributed by atoms with van der Waals surface area (Å²) in [5, 5.41) is 3.37. The Kier molecular flexibility index (Phi) is 4.85. The lowest BCUT2D eigenvalue weighted by Crippen LogP contribution is -2.24. The maximum atomic E-state index is 13.8. The molecular formula is C17H19F2N. The summed E-state index contributed by atoms with van der Waals surface area (Å²) in [5.41, 5.74) is 2.85. The van der Waals surface area contributed by atoms with E-state index in [4.69, 9.17) is 0 Å². The first kappa shape index (κ1) is 14.7. The first-order valence-electron chi connectivity index (χ1n) is 6.84. The van der Waals surface area contributed by atoms with Gasteiger partial charge in [-0.2, -0.15) is 0 Å². The van der Waals surface area contributed by atoms with Crippen LogP contribution in [0.15, 0.2) is 42.5 Å². The Labute approximate surface area is 118 Å². The van der Waals surface area contributed by atoms with Gasteiger partial charge in [-0.3, -0.25) is 0 Å². The third kappa shape index (κ3) is 3.42. The fourth-order valence-electron chi connectivity index (χ4n) is 2.42. The molecule has 0 spiro atoms. The molecule has 2 aromatic rings. The molecule has 20 heavy (non-hydrogen) atoms. The van der Waals surface area contributed by atoms with Gasteiger partial charge in [0.25, 0.3) is 0 Å². The number of benzene rings is 2. The van der Waals surface area contributed by atoms with Crippen molar-refractivity contribution in [1.82, 2.24) is 5.32 Å². The van der Waals surface area contributed by atoms with Gasteiger partial charge in [0.15, 0.2) is 0 Å². The minimum Gasteiger partial charge on any atom is -0.310 e. The molecule has 106 valence electrons. The zero-order valence-electron chi connectivity index (χ0n) is 11.8. The zero-order chi connectivity index (χ0) is 14.5. The molecule has 0 saturated heterocycles. The lowest BCUT2D eigenvalue weighted by atomic mass is 9.95. The second kappa shape index (κ2) is 6.62. The molecule has 0 aliphatic heterocycles. The van der Waals surface area contributed by atoms with Gasteiger partial charge in [0.1, 0.15) is 11.6 Å². The summed E-state index contributed by atoms with van der Waals surface area (Å²) in [6.07, 6.45) is 0.505. The number of likely N-dealkylation sites (N-methyl/N-ethyl adjacent to an activating group) is 1. The molecule has 0 saturated carbocycles. The molecule has 1 nitrogen and oxygen atoms in total. The van der Waals surface area contributed by atoms with Gasteiger partial charge in [-0.15, -0.1) is 0 Å². The maximum Gasteiger partial charge on any atom is 0.129 e. The summed E-state index contributed by atoms with van der Waals surface area (Å²) in [6, 6.07) is 11.8. The summed E-state index contributed by atoms with van der Waals surface area (Å²) in [4.78, 5) is 0. The fourth-order valence-corrected chi connectivity index (χ4v) is 2.42. The molecule has 0 aliphatic rings. The van der Waals surface area contributed by atoms with Crippen LogP contribution in [-0.2, 0) is 6.42 Å². The first-order chi connectivity index (χ1) is 9.61. The van der Waals surface area contributed by atoms with Crippen LogP contribution in [0.5, 0.6) is 0 Å². The van der Waals surface area contributed by atoms with Gasteiger partial charge in [0.05, 0.1) is 0 Å². The molecule has 1 unspecified atom stereocenters. The predicted octanol–water partition coefficient (Wildman–Crippen LogP) is 4.17. The highest BCUT2D eigenvalue weighted by molar-refractivity contribution is 5.31. The molecule has 0 fully saturated rings. The smallest absolute Gasteiger partial charge is 0.129 e. The van der Waals surface area contributed by atoms with Crippen LogP contribution in [0.25, 0.3) is 0 Å². The first-order valence-corrected chi connectivity index (χ1v) is 6.84. The molecule has 0 heterocycles. The van der Waals surface area contributed by atoms with Gasteiger partial charge >= 0.3 is 0 Å². The van der Waals surface area contributed by atoms with Crippen LogP contribution in [0.4, 0.5) is 8.78 Å². The Morgan fingerprint density at radius 1 is 1.10 bits per heavy atom. The molecule has 1 atom stereocenters. The summed E-state index contributed by atoms with van der Waals surface area (Å²) in [6.45, 7) is 4.86. The molecular weight excluding hydrogens is 256 g/mol. The number of nitrogens with one attached hydrogen (secondary N) is 1. The normalized spacial score (nSPS) is 12.4. The highest BCUT2D eigenvalue weighted by Crippen LogP contribution is 2.23. The molecule has 0 aliphatic carbocycles. The average Bonchev–Trinajstić information content (AvgIpc) is 2.42. The molecule has 3 heteroatoms. The molecule has 2 rings (SSSR count). The minimum absolute atomic E-state index is 0.0289. The lowest BCUT2D eigenvalue weighted by Gasteiger charge is -2.20. The monoisotopic (exact) mass is 275 g/mol. The Hall–Kier alpha value is -1.74. The van der Waals surface area contributed by atoms with Crippen molar-refractivity contribution in [2.24, 2.45) is 0 Å². The second-order valence-corrected chi connectivity index (χ2v) is 4.91. The standard InChI is InChI=1S/C17H19F2N/c1-3-20-17(15-7-5-4-6-12(15)2)10-13-8-9-14(18)11-16(13)19/h4-9,11,17,20H,3,10H2,1-2H3. The SMILES string of the molecule is CCNC(Cc1ccc(F)cc1F)c1ccccc1C. The summed E-state index contributed by atoms with van der Waals surface area (Å²) < 4.78 is 26.8. The van der Waals surface area contributed by atoms with E-state index in [0.717, 1.165) is 18.2 Å². The van der Waals surface area contributed by atoms with Crippen LogP contribution >= 0.6 is 0 Å². The van der Waals surface area contributed by atoms with Crippen molar-refractivity contribution < 1.29 is 8.78 Å². The van der Waals surface area contributed by atoms with E-state index in [1.807, 2.05) is 38.1 Å².